The van der Waals surface area contributed by atoms with Crippen molar-refractivity contribution in [2.24, 2.45) is 5.10 Å². The first-order chi connectivity index (χ1) is 13.7. The highest BCUT2D eigenvalue weighted by atomic mass is 32.1. The number of methoxy groups -OCH3 is 2. The number of hydrogen-bond donors (Lipinski definition) is 2. The third-order valence-electron chi connectivity index (χ3n) is 4.29. The molecule has 1 fully saturated rings. The molecule has 0 bridgehead atoms. The van der Waals surface area contributed by atoms with Gasteiger partial charge in [0.25, 0.3) is 0 Å². The van der Waals surface area contributed by atoms with Gasteiger partial charge < -0.3 is 24.4 Å². The van der Waals surface area contributed by atoms with Crippen molar-refractivity contribution in [3.63, 3.8) is 0 Å². The molecule has 0 unspecified atom stereocenters. The molecule has 0 radical (unpaired) electrons. The van der Waals surface area contributed by atoms with Crippen molar-refractivity contribution in [3.05, 3.63) is 48.0 Å². The van der Waals surface area contributed by atoms with Crippen molar-refractivity contribution < 1.29 is 14.2 Å². The van der Waals surface area contributed by atoms with E-state index in [4.69, 9.17) is 26.4 Å². The lowest BCUT2D eigenvalue weighted by molar-refractivity contribution is 0.122. The van der Waals surface area contributed by atoms with Crippen LogP contribution in [-0.2, 0) is 4.74 Å². The van der Waals surface area contributed by atoms with Gasteiger partial charge in [-0.05, 0) is 42.0 Å². The number of ether oxygens (including phenoxy) is 3. The summed E-state index contributed by atoms with van der Waals surface area (Å²) in [5, 5.41) is 7.63. The molecular weight excluding hydrogens is 376 g/mol. The monoisotopic (exact) mass is 400 g/mol. The summed E-state index contributed by atoms with van der Waals surface area (Å²) >= 11 is 5.27. The van der Waals surface area contributed by atoms with E-state index < -0.39 is 0 Å². The Kier molecular flexibility index (Phi) is 7.05. The maximum absolute atomic E-state index is 5.39. The molecule has 0 aromatic heterocycles. The predicted molar refractivity (Wildman–Crippen MR) is 116 cm³/mol. The van der Waals surface area contributed by atoms with E-state index in [-0.39, 0.29) is 0 Å². The Hall–Kier alpha value is -2.84. The lowest BCUT2D eigenvalue weighted by Gasteiger charge is -2.28. The second-order valence-corrected chi connectivity index (χ2v) is 6.49. The smallest absolute Gasteiger partial charge is 0.191 e. The maximum atomic E-state index is 5.39. The Morgan fingerprint density at radius 2 is 1.79 bits per heavy atom. The van der Waals surface area contributed by atoms with Crippen LogP contribution < -0.4 is 25.1 Å². The number of anilines is 2. The summed E-state index contributed by atoms with van der Waals surface area (Å²) in [6.45, 7) is 3.39. The topological polar surface area (TPSA) is 67.4 Å². The first-order valence-electron chi connectivity index (χ1n) is 8.94. The van der Waals surface area contributed by atoms with E-state index in [1.54, 1.807) is 26.5 Å². The molecule has 1 aliphatic rings. The van der Waals surface area contributed by atoms with Crippen molar-refractivity contribution in [1.29, 1.82) is 0 Å². The van der Waals surface area contributed by atoms with Gasteiger partial charge in [-0.25, -0.2) is 0 Å². The van der Waals surface area contributed by atoms with E-state index in [0.29, 0.717) is 16.6 Å². The molecule has 0 amide bonds. The molecule has 2 N–H and O–H groups in total. The van der Waals surface area contributed by atoms with Gasteiger partial charge in [-0.3, -0.25) is 5.43 Å². The fourth-order valence-electron chi connectivity index (χ4n) is 2.83. The zero-order chi connectivity index (χ0) is 19.8. The van der Waals surface area contributed by atoms with Crippen LogP contribution in [0.3, 0.4) is 0 Å². The van der Waals surface area contributed by atoms with Gasteiger partial charge in [-0.15, -0.1) is 0 Å². The molecule has 2 aromatic rings. The number of rotatable bonds is 6. The Balaban J connectivity index is 1.52. The maximum Gasteiger partial charge on any atom is 0.191 e. The van der Waals surface area contributed by atoms with E-state index >= 15 is 0 Å². The molecule has 0 aliphatic carbocycles. The summed E-state index contributed by atoms with van der Waals surface area (Å²) in [5.41, 5.74) is 5.77. The number of thiocarbonyl (C=S) groups is 1. The third kappa shape index (κ3) is 5.34. The second-order valence-electron chi connectivity index (χ2n) is 6.08. The minimum absolute atomic E-state index is 0.383. The highest BCUT2D eigenvalue weighted by Crippen LogP contribution is 2.29. The standard InChI is InChI=1S/C20H24N4O3S/c1-25-18-8-5-16(13-19(18)26-2)22-20(28)23-21-14-15-3-6-17(7-4-15)24-9-11-27-12-10-24/h3-8,13-14H,9-12H2,1-2H3,(H2,22,23,28)/b21-14-. The lowest BCUT2D eigenvalue weighted by Crippen LogP contribution is -2.36. The zero-order valence-corrected chi connectivity index (χ0v) is 16.8. The van der Waals surface area contributed by atoms with Crippen LogP contribution in [-0.4, -0.2) is 51.8 Å². The van der Waals surface area contributed by atoms with Crippen molar-refractivity contribution in [3.8, 4) is 11.5 Å². The molecule has 8 heteroatoms. The van der Waals surface area contributed by atoms with Crippen molar-refractivity contribution in [1.82, 2.24) is 5.43 Å². The van der Waals surface area contributed by atoms with E-state index in [1.165, 1.54) is 5.69 Å². The van der Waals surface area contributed by atoms with Gasteiger partial charge >= 0.3 is 0 Å². The highest BCUT2D eigenvalue weighted by molar-refractivity contribution is 7.80. The molecule has 7 nitrogen and oxygen atoms in total. The average Bonchev–Trinajstić information content (AvgIpc) is 2.74. The van der Waals surface area contributed by atoms with Crippen LogP contribution in [0.15, 0.2) is 47.6 Å². The summed E-state index contributed by atoms with van der Waals surface area (Å²) in [6.07, 6.45) is 1.73. The van der Waals surface area contributed by atoms with Gasteiger partial charge in [0.1, 0.15) is 0 Å². The number of nitrogens with zero attached hydrogens (tertiary/aromatic N) is 2. The predicted octanol–water partition coefficient (Wildman–Crippen LogP) is 2.86. The Labute approximate surface area is 170 Å². The Bertz CT molecular complexity index is 821. The normalized spacial score (nSPS) is 14.0. The third-order valence-corrected chi connectivity index (χ3v) is 4.48. The van der Waals surface area contributed by atoms with Gasteiger partial charge in [0.15, 0.2) is 16.6 Å². The molecule has 0 spiro atoms. The van der Waals surface area contributed by atoms with Crippen LogP contribution in [0, 0.1) is 0 Å². The number of hydrogen-bond acceptors (Lipinski definition) is 6. The molecule has 3 rings (SSSR count). The lowest BCUT2D eigenvalue weighted by atomic mass is 10.2. The van der Waals surface area contributed by atoms with Crippen LogP contribution in [0.5, 0.6) is 11.5 Å². The molecule has 0 atom stereocenters. The summed E-state index contributed by atoms with van der Waals surface area (Å²) in [7, 11) is 3.19. The van der Waals surface area contributed by atoms with Crippen LogP contribution in [0.2, 0.25) is 0 Å². The summed E-state index contributed by atoms with van der Waals surface area (Å²) in [5.74, 6) is 1.28. The molecule has 148 valence electrons. The molecule has 28 heavy (non-hydrogen) atoms. The van der Waals surface area contributed by atoms with Crippen LogP contribution >= 0.6 is 12.2 Å². The Morgan fingerprint density at radius 3 is 2.46 bits per heavy atom. The van der Waals surface area contributed by atoms with Gasteiger partial charge in [0.05, 0.1) is 33.6 Å². The molecule has 0 saturated carbocycles. The molecule has 1 saturated heterocycles. The van der Waals surface area contributed by atoms with E-state index in [9.17, 15) is 0 Å². The average molecular weight is 401 g/mol. The van der Waals surface area contributed by atoms with Crippen molar-refractivity contribution in [2.45, 2.75) is 0 Å². The number of morpholine rings is 1. The molecule has 2 aromatic carbocycles. The fraction of sp³-hybridized carbons (Fsp3) is 0.300. The fourth-order valence-corrected chi connectivity index (χ4v) is 3.00. The second kappa shape index (κ2) is 9.91. The minimum Gasteiger partial charge on any atom is -0.493 e. The molecule has 1 aliphatic heterocycles. The van der Waals surface area contributed by atoms with Gasteiger partial charge in [0, 0.05) is 30.5 Å². The summed E-state index contributed by atoms with van der Waals surface area (Å²) in [4.78, 5) is 2.31. The van der Waals surface area contributed by atoms with E-state index in [2.05, 4.69) is 32.9 Å². The van der Waals surface area contributed by atoms with Gasteiger partial charge in [0.2, 0.25) is 0 Å². The van der Waals surface area contributed by atoms with Crippen molar-refractivity contribution >= 4 is 34.9 Å². The van der Waals surface area contributed by atoms with Crippen LogP contribution in [0.4, 0.5) is 11.4 Å². The highest BCUT2D eigenvalue weighted by Gasteiger charge is 2.10. The van der Waals surface area contributed by atoms with Crippen LogP contribution in [0.25, 0.3) is 0 Å². The molecule has 1 heterocycles. The van der Waals surface area contributed by atoms with Gasteiger partial charge in [-0.2, -0.15) is 5.10 Å². The minimum atomic E-state index is 0.383. The zero-order valence-electron chi connectivity index (χ0n) is 16.0. The number of benzene rings is 2. The number of nitrogens with one attached hydrogen (secondary N) is 2. The first-order valence-corrected chi connectivity index (χ1v) is 9.35. The van der Waals surface area contributed by atoms with Gasteiger partial charge in [-0.1, -0.05) is 12.1 Å². The summed E-state index contributed by atoms with van der Waals surface area (Å²) < 4.78 is 15.9. The van der Waals surface area contributed by atoms with Crippen LogP contribution in [0.1, 0.15) is 5.56 Å². The molecular formula is C20H24N4O3S. The largest absolute Gasteiger partial charge is 0.493 e. The van der Waals surface area contributed by atoms with E-state index in [0.717, 1.165) is 37.6 Å². The Morgan fingerprint density at radius 1 is 1.07 bits per heavy atom. The van der Waals surface area contributed by atoms with Crippen molar-refractivity contribution in [2.75, 3.05) is 50.7 Å². The number of hydrazone groups is 1. The SMILES string of the molecule is COc1ccc(NC(=S)N/N=C\c2ccc(N3CCOCC3)cc2)cc1OC. The summed E-state index contributed by atoms with van der Waals surface area (Å²) in [6, 6.07) is 13.7. The first kappa shape index (κ1) is 19.9. The van der Waals surface area contributed by atoms with E-state index in [1.807, 2.05) is 24.3 Å². The quantitative estimate of drug-likeness (QED) is 0.439.